The second-order valence-corrected chi connectivity index (χ2v) is 5.29. The van der Waals surface area contributed by atoms with E-state index in [2.05, 4.69) is 15.3 Å². The minimum Gasteiger partial charge on any atom is -0.495 e. The van der Waals surface area contributed by atoms with Crippen molar-refractivity contribution in [3.05, 3.63) is 53.3 Å². The first-order chi connectivity index (χ1) is 10.7. The Balaban J connectivity index is 2.04. The first-order valence-electron chi connectivity index (χ1n) is 6.63. The van der Waals surface area contributed by atoms with E-state index in [1.165, 1.54) is 0 Å². The normalized spacial score (nSPS) is 10.7. The van der Waals surface area contributed by atoms with Crippen molar-refractivity contribution in [2.24, 2.45) is 0 Å². The first-order valence-corrected chi connectivity index (χ1v) is 7.54. The molecule has 0 atom stereocenters. The lowest BCUT2D eigenvalue weighted by molar-refractivity contribution is 0.415. The molecule has 0 aliphatic heterocycles. The van der Waals surface area contributed by atoms with Gasteiger partial charge in [-0.05, 0) is 30.3 Å². The van der Waals surface area contributed by atoms with Crippen molar-refractivity contribution in [2.75, 3.05) is 12.4 Å². The number of halogens is 2. The van der Waals surface area contributed by atoms with Gasteiger partial charge in [0.2, 0.25) is 0 Å². The van der Waals surface area contributed by atoms with Gasteiger partial charge in [0, 0.05) is 11.1 Å². The van der Waals surface area contributed by atoms with E-state index in [0.717, 1.165) is 16.6 Å². The maximum Gasteiger partial charge on any atom is 0.146 e. The molecule has 1 heterocycles. The van der Waals surface area contributed by atoms with Crippen LogP contribution < -0.4 is 10.1 Å². The van der Waals surface area contributed by atoms with E-state index in [1.54, 1.807) is 19.2 Å². The van der Waals surface area contributed by atoms with Crippen LogP contribution in [0.15, 0.2) is 42.5 Å². The number of alkyl halides is 1. The Morgan fingerprint density at radius 1 is 1.14 bits per heavy atom. The van der Waals surface area contributed by atoms with Gasteiger partial charge in [-0.25, -0.2) is 9.97 Å². The molecule has 22 heavy (non-hydrogen) atoms. The second-order valence-electron chi connectivity index (χ2n) is 4.61. The van der Waals surface area contributed by atoms with E-state index in [-0.39, 0.29) is 5.88 Å². The summed E-state index contributed by atoms with van der Waals surface area (Å²) in [4.78, 5) is 8.87. The number of ether oxygens (including phenoxy) is 1. The molecule has 3 aromatic rings. The van der Waals surface area contributed by atoms with Gasteiger partial charge in [-0.15, -0.1) is 11.6 Å². The van der Waals surface area contributed by atoms with Crippen LogP contribution in [0.3, 0.4) is 0 Å². The van der Waals surface area contributed by atoms with Crippen LogP contribution in [0.5, 0.6) is 5.75 Å². The van der Waals surface area contributed by atoms with Crippen LogP contribution in [0, 0.1) is 0 Å². The highest BCUT2D eigenvalue weighted by atomic mass is 35.5. The molecule has 0 saturated carbocycles. The third-order valence-electron chi connectivity index (χ3n) is 3.18. The van der Waals surface area contributed by atoms with Crippen molar-refractivity contribution in [3.63, 3.8) is 0 Å². The van der Waals surface area contributed by atoms with E-state index in [4.69, 9.17) is 27.9 Å². The van der Waals surface area contributed by atoms with Crippen LogP contribution in [-0.4, -0.2) is 17.1 Å². The van der Waals surface area contributed by atoms with E-state index in [1.807, 2.05) is 30.3 Å². The Morgan fingerprint density at radius 3 is 2.68 bits per heavy atom. The zero-order chi connectivity index (χ0) is 15.5. The number of methoxy groups -OCH3 is 1. The summed E-state index contributed by atoms with van der Waals surface area (Å²) < 4.78 is 5.15. The smallest absolute Gasteiger partial charge is 0.146 e. The Kier molecular flexibility index (Phi) is 4.32. The van der Waals surface area contributed by atoms with Crippen molar-refractivity contribution in [1.29, 1.82) is 0 Å². The predicted molar refractivity (Wildman–Crippen MR) is 90.4 cm³/mol. The summed E-state index contributed by atoms with van der Waals surface area (Å²) in [5, 5.41) is 4.71. The number of hydrogen-bond donors (Lipinski definition) is 1. The minimum atomic E-state index is 0.253. The molecule has 0 radical (unpaired) electrons. The number of nitrogens with one attached hydrogen (secondary N) is 1. The summed E-state index contributed by atoms with van der Waals surface area (Å²) in [5.41, 5.74) is 1.66. The molecule has 0 aliphatic carbocycles. The van der Waals surface area contributed by atoms with Gasteiger partial charge in [0.05, 0.1) is 23.5 Å². The summed E-state index contributed by atoms with van der Waals surface area (Å²) >= 11 is 12.0. The molecule has 2 aromatic carbocycles. The van der Waals surface area contributed by atoms with E-state index in [0.29, 0.717) is 22.4 Å². The van der Waals surface area contributed by atoms with E-state index in [9.17, 15) is 0 Å². The minimum absolute atomic E-state index is 0.253. The summed E-state index contributed by atoms with van der Waals surface area (Å²) in [5.74, 6) is 2.15. The molecule has 112 valence electrons. The van der Waals surface area contributed by atoms with Gasteiger partial charge >= 0.3 is 0 Å². The highest BCUT2D eigenvalue weighted by Gasteiger charge is 2.08. The molecule has 0 spiro atoms. The van der Waals surface area contributed by atoms with Crippen LogP contribution in [0.2, 0.25) is 5.02 Å². The Hall–Kier alpha value is -2.04. The van der Waals surface area contributed by atoms with Gasteiger partial charge in [-0.1, -0.05) is 23.7 Å². The zero-order valence-corrected chi connectivity index (χ0v) is 13.3. The summed E-state index contributed by atoms with van der Waals surface area (Å²) in [6.07, 6.45) is 0. The molecule has 0 unspecified atom stereocenters. The molecule has 4 nitrogen and oxygen atoms in total. The van der Waals surface area contributed by atoms with Crippen LogP contribution in [-0.2, 0) is 5.88 Å². The zero-order valence-electron chi connectivity index (χ0n) is 11.8. The number of rotatable bonds is 4. The van der Waals surface area contributed by atoms with E-state index < -0.39 is 0 Å². The quantitative estimate of drug-likeness (QED) is 0.698. The van der Waals surface area contributed by atoms with E-state index >= 15 is 0 Å². The summed E-state index contributed by atoms with van der Waals surface area (Å²) in [6.45, 7) is 0. The maximum absolute atomic E-state index is 6.15. The van der Waals surface area contributed by atoms with Gasteiger partial charge in [0.25, 0.3) is 0 Å². The van der Waals surface area contributed by atoms with Crippen LogP contribution in [0.25, 0.3) is 10.9 Å². The number of anilines is 2. The molecule has 6 heteroatoms. The highest BCUT2D eigenvalue weighted by molar-refractivity contribution is 6.32. The maximum atomic E-state index is 6.15. The van der Waals surface area contributed by atoms with Gasteiger partial charge in [0.15, 0.2) is 0 Å². The lowest BCUT2D eigenvalue weighted by atomic mass is 10.2. The summed E-state index contributed by atoms with van der Waals surface area (Å²) in [7, 11) is 1.58. The molecule has 1 aromatic heterocycles. The molecular weight excluding hydrogens is 321 g/mol. The molecular formula is C16H13Cl2N3O. The molecule has 0 bridgehead atoms. The largest absolute Gasteiger partial charge is 0.495 e. The van der Waals surface area contributed by atoms with Gasteiger partial charge in [0.1, 0.15) is 17.4 Å². The molecule has 0 saturated heterocycles. The number of aromatic nitrogens is 2. The fourth-order valence-corrected chi connectivity index (χ4v) is 2.54. The SMILES string of the molecule is COc1ccc(Nc2nc(CCl)nc3ccccc23)cc1Cl. The van der Waals surface area contributed by atoms with Crippen molar-refractivity contribution in [2.45, 2.75) is 5.88 Å². The Labute approximate surface area is 138 Å². The Morgan fingerprint density at radius 2 is 1.95 bits per heavy atom. The average Bonchev–Trinajstić information content (AvgIpc) is 2.55. The molecule has 3 rings (SSSR count). The van der Waals surface area contributed by atoms with Gasteiger partial charge < -0.3 is 10.1 Å². The van der Waals surface area contributed by atoms with Crippen molar-refractivity contribution < 1.29 is 4.74 Å². The number of nitrogens with zero attached hydrogens (tertiary/aromatic N) is 2. The lowest BCUT2D eigenvalue weighted by Gasteiger charge is -2.11. The third-order valence-corrected chi connectivity index (χ3v) is 3.72. The standard InChI is InChI=1S/C16H13Cl2N3O/c1-22-14-7-6-10(8-12(14)18)19-16-11-4-2-3-5-13(11)20-15(9-17)21-16/h2-8H,9H2,1H3,(H,19,20,21). The molecule has 0 amide bonds. The molecule has 0 fully saturated rings. The number of fused-ring (bicyclic) bond motifs is 1. The van der Waals surface area contributed by atoms with Gasteiger partial charge in [-0.2, -0.15) is 0 Å². The van der Waals surface area contributed by atoms with Crippen LogP contribution in [0.4, 0.5) is 11.5 Å². The average molecular weight is 334 g/mol. The molecule has 1 N–H and O–H groups in total. The predicted octanol–water partition coefficient (Wildman–Crippen LogP) is 4.77. The first kappa shape index (κ1) is 14.9. The molecule has 0 aliphatic rings. The topological polar surface area (TPSA) is 47.0 Å². The monoisotopic (exact) mass is 333 g/mol. The number of hydrogen-bond acceptors (Lipinski definition) is 4. The van der Waals surface area contributed by atoms with Crippen LogP contribution in [0.1, 0.15) is 5.82 Å². The summed E-state index contributed by atoms with van der Waals surface area (Å²) in [6, 6.07) is 13.2. The van der Waals surface area contributed by atoms with Crippen molar-refractivity contribution in [3.8, 4) is 5.75 Å². The van der Waals surface area contributed by atoms with Crippen molar-refractivity contribution in [1.82, 2.24) is 9.97 Å². The number of para-hydroxylation sites is 1. The second kappa shape index (κ2) is 6.38. The Bertz CT molecular complexity index is 824. The van der Waals surface area contributed by atoms with Crippen molar-refractivity contribution >= 4 is 45.6 Å². The number of benzene rings is 2. The lowest BCUT2D eigenvalue weighted by Crippen LogP contribution is -2.00. The fraction of sp³-hybridized carbons (Fsp3) is 0.125. The fourth-order valence-electron chi connectivity index (χ4n) is 2.16. The third kappa shape index (κ3) is 2.93. The van der Waals surface area contributed by atoms with Crippen LogP contribution >= 0.6 is 23.2 Å². The van der Waals surface area contributed by atoms with Gasteiger partial charge in [-0.3, -0.25) is 0 Å². The highest BCUT2D eigenvalue weighted by Crippen LogP contribution is 2.30.